The number of benzene rings is 3. The molecule has 2 aliphatic rings. The van der Waals surface area contributed by atoms with Gasteiger partial charge >= 0.3 is 0 Å². The van der Waals surface area contributed by atoms with E-state index in [4.69, 9.17) is 27.8 Å². The molecule has 0 unspecified atom stereocenters. The molecule has 0 bridgehead atoms. The Balaban J connectivity index is 0.000000431. The van der Waals surface area contributed by atoms with E-state index in [2.05, 4.69) is 70.7 Å². The minimum atomic E-state index is -0.0411. The van der Waals surface area contributed by atoms with Crippen molar-refractivity contribution in [1.29, 1.82) is 0 Å². The number of likely N-dealkylation sites (tertiary alicyclic amines) is 1. The fourth-order valence-corrected chi connectivity index (χ4v) is 6.75. The second kappa shape index (κ2) is 24.8. The molecule has 0 aromatic heterocycles. The Hall–Kier alpha value is -2.29. The third-order valence-electron chi connectivity index (χ3n) is 7.45. The van der Waals surface area contributed by atoms with Crippen LogP contribution in [0, 0.1) is 11.8 Å². The average molecular weight is 751 g/mol. The third-order valence-corrected chi connectivity index (χ3v) is 9.82. The Kier molecular flexibility index (Phi) is 22.6. The molecule has 3 aromatic rings. The van der Waals surface area contributed by atoms with E-state index in [1.165, 1.54) is 18.6 Å². The van der Waals surface area contributed by atoms with Crippen LogP contribution in [-0.2, 0) is 15.3 Å². The number of thiol groups is 1. The standard InChI is InChI=1S/C22H21Cl2NS.C8H9NO.C5H11NO.CH4OS.CH4S/c23-20-9-8-17(15-21(20)24)5-3-4-12-25-13-10-22(11-14-25)19-7-2-1-6-18(19)16-26-22;1-9-8(10)7-5-3-2-4-6-7;1-4-5(7)6(2)3;1-3-2;1-2/h1-2,6-9,15H,4,10-14,16H2;2-6H,1H3,(H,9,10);4H2,1-3H3;2H,1H3;2H,1H3. The zero-order chi connectivity index (χ0) is 36.0. The molecule has 1 spiro atoms. The second-order valence-electron chi connectivity index (χ2n) is 10.7. The Morgan fingerprint density at radius 1 is 1.02 bits per heavy atom. The first kappa shape index (κ1) is 43.7. The minimum Gasteiger partial charge on any atom is -0.355 e. The van der Waals surface area contributed by atoms with Gasteiger partial charge in [-0.3, -0.25) is 9.59 Å². The molecule has 48 heavy (non-hydrogen) atoms. The lowest BCUT2D eigenvalue weighted by Gasteiger charge is -2.39. The first-order valence-corrected chi connectivity index (χ1v) is 19.4. The molecule has 0 saturated carbocycles. The van der Waals surface area contributed by atoms with Crippen LogP contribution in [0.3, 0.4) is 0 Å². The number of fused-ring (bicyclic) bond motifs is 2. The van der Waals surface area contributed by atoms with Crippen molar-refractivity contribution in [3.05, 3.63) is 105 Å². The number of piperidine rings is 1. The smallest absolute Gasteiger partial charge is 0.251 e. The molecule has 1 saturated heterocycles. The summed E-state index contributed by atoms with van der Waals surface area (Å²) < 4.78 is 7.85. The quantitative estimate of drug-likeness (QED) is 0.141. The molecule has 2 aliphatic heterocycles. The van der Waals surface area contributed by atoms with Crippen molar-refractivity contribution in [2.75, 3.05) is 53.3 Å². The fraction of sp³-hybridized carbons (Fsp3) is 0.405. The highest BCUT2D eigenvalue weighted by atomic mass is 35.5. The maximum Gasteiger partial charge on any atom is 0.251 e. The highest BCUT2D eigenvalue weighted by Crippen LogP contribution is 2.53. The van der Waals surface area contributed by atoms with Crippen molar-refractivity contribution in [3.8, 4) is 11.8 Å². The molecule has 2 heterocycles. The van der Waals surface area contributed by atoms with Gasteiger partial charge in [-0.05, 0) is 85.7 Å². The van der Waals surface area contributed by atoms with Gasteiger partial charge in [0.1, 0.15) is 0 Å². The van der Waals surface area contributed by atoms with E-state index in [0.29, 0.717) is 26.8 Å². The molecule has 5 rings (SSSR count). The maximum absolute atomic E-state index is 10.9. The summed E-state index contributed by atoms with van der Waals surface area (Å²) in [7, 11) is 5.13. The van der Waals surface area contributed by atoms with E-state index in [9.17, 15) is 9.59 Å². The molecule has 2 N–H and O–H groups in total. The van der Waals surface area contributed by atoms with Crippen LogP contribution in [0.5, 0.6) is 0 Å². The molecule has 11 heteroatoms. The predicted molar refractivity (Wildman–Crippen MR) is 213 cm³/mol. The summed E-state index contributed by atoms with van der Waals surface area (Å²) in [6.45, 7) is 5.21. The van der Waals surface area contributed by atoms with Crippen molar-refractivity contribution >= 4 is 71.4 Å². The zero-order valence-electron chi connectivity index (χ0n) is 28.8. The Morgan fingerprint density at radius 3 is 2.17 bits per heavy atom. The average Bonchev–Trinajstić information content (AvgIpc) is 3.48. The minimum absolute atomic E-state index is 0.0411. The molecule has 0 atom stereocenters. The maximum atomic E-state index is 10.9. The highest BCUT2D eigenvalue weighted by molar-refractivity contribution is 7.99. The number of thioether (sulfide) groups is 1. The lowest BCUT2D eigenvalue weighted by Crippen LogP contribution is -2.40. The van der Waals surface area contributed by atoms with Gasteiger partial charge in [-0.1, -0.05) is 84.4 Å². The molecule has 3 aromatic carbocycles. The summed E-state index contributed by atoms with van der Waals surface area (Å²) in [6, 6.07) is 23.7. The van der Waals surface area contributed by atoms with Crippen LogP contribution in [-0.4, -0.2) is 79.5 Å². The molecule has 0 aliphatic carbocycles. The number of hydrogen-bond donors (Lipinski definition) is 3. The Labute approximate surface area is 312 Å². The lowest BCUT2D eigenvalue weighted by atomic mass is 9.86. The Bertz CT molecular complexity index is 1440. The zero-order valence-corrected chi connectivity index (χ0v) is 32.8. The number of rotatable bonds is 4. The van der Waals surface area contributed by atoms with Crippen LogP contribution < -0.4 is 5.32 Å². The number of amides is 2. The molecular formula is C37H49Cl2N3O3S3. The van der Waals surface area contributed by atoms with Crippen LogP contribution >= 0.6 is 59.6 Å². The summed E-state index contributed by atoms with van der Waals surface area (Å²) in [5, 5.41) is 3.68. The van der Waals surface area contributed by atoms with Gasteiger partial charge in [0, 0.05) is 68.4 Å². The van der Waals surface area contributed by atoms with Crippen molar-refractivity contribution in [2.45, 2.75) is 43.1 Å². The predicted octanol–water partition coefficient (Wildman–Crippen LogP) is 8.87. The molecule has 0 radical (unpaired) electrons. The highest BCUT2D eigenvalue weighted by Gasteiger charge is 2.41. The van der Waals surface area contributed by atoms with Gasteiger partial charge in [-0.25, -0.2) is 0 Å². The lowest BCUT2D eigenvalue weighted by molar-refractivity contribution is -0.128. The van der Waals surface area contributed by atoms with E-state index >= 15 is 0 Å². The first-order chi connectivity index (χ1) is 23.1. The van der Waals surface area contributed by atoms with Crippen LogP contribution in [0.25, 0.3) is 0 Å². The molecule has 2 amide bonds. The summed E-state index contributed by atoms with van der Waals surface area (Å²) >= 11 is 18.4. The number of carbonyl (C=O) groups is 2. The number of nitrogens with one attached hydrogen (secondary N) is 1. The van der Waals surface area contributed by atoms with Gasteiger partial charge in [0.05, 0.1) is 10.0 Å². The van der Waals surface area contributed by atoms with Crippen molar-refractivity contribution < 1.29 is 14.1 Å². The third kappa shape index (κ3) is 15.1. The van der Waals surface area contributed by atoms with Crippen molar-refractivity contribution in [2.24, 2.45) is 0 Å². The van der Waals surface area contributed by atoms with Crippen LogP contribution in [0.2, 0.25) is 10.0 Å². The molecule has 262 valence electrons. The van der Waals surface area contributed by atoms with Gasteiger partial charge in [0.2, 0.25) is 5.91 Å². The van der Waals surface area contributed by atoms with Crippen LogP contribution in [0.15, 0.2) is 72.8 Å². The number of nitrogens with zero attached hydrogens (tertiary/aromatic N) is 2. The van der Waals surface area contributed by atoms with E-state index in [1.807, 2.05) is 37.3 Å². The largest absolute Gasteiger partial charge is 0.355 e. The van der Waals surface area contributed by atoms with E-state index in [-0.39, 0.29) is 11.8 Å². The molecular weight excluding hydrogens is 702 g/mol. The topological polar surface area (TPSA) is 72.9 Å². The van der Waals surface area contributed by atoms with Crippen LogP contribution in [0.4, 0.5) is 0 Å². The molecule has 1 fully saturated rings. The van der Waals surface area contributed by atoms with Gasteiger partial charge in [0.25, 0.3) is 5.91 Å². The Morgan fingerprint density at radius 2 is 1.62 bits per heavy atom. The van der Waals surface area contributed by atoms with Crippen LogP contribution in [0.1, 0.15) is 59.7 Å². The van der Waals surface area contributed by atoms with Crippen molar-refractivity contribution in [3.63, 3.8) is 0 Å². The van der Waals surface area contributed by atoms with Crippen molar-refractivity contribution in [1.82, 2.24) is 15.1 Å². The van der Waals surface area contributed by atoms with Gasteiger partial charge in [-0.15, -0.1) is 11.8 Å². The first-order valence-electron chi connectivity index (χ1n) is 15.6. The monoisotopic (exact) mass is 749 g/mol. The van der Waals surface area contributed by atoms with Gasteiger partial charge in [-0.2, -0.15) is 12.6 Å². The SMILES string of the molecule is CCC(=O)N(C)C.CNC(=O)c1ccccc1.CS.CSO.Clc1ccc(C#CCCN2CCC3(CC2)SCc2ccccc23)cc1Cl. The van der Waals surface area contributed by atoms with E-state index in [1.54, 1.807) is 67.9 Å². The van der Waals surface area contributed by atoms with E-state index < -0.39 is 0 Å². The summed E-state index contributed by atoms with van der Waals surface area (Å²) in [5.41, 5.74) is 4.75. The summed E-state index contributed by atoms with van der Waals surface area (Å²) in [4.78, 5) is 25.5. The second-order valence-corrected chi connectivity index (χ2v) is 13.3. The summed E-state index contributed by atoms with van der Waals surface area (Å²) in [6.07, 6.45) is 7.27. The normalized spacial score (nSPS) is 13.5. The van der Waals surface area contributed by atoms with Gasteiger partial charge < -0.3 is 19.7 Å². The fourth-order valence-electron chi connectivity index (χ4n) is 4.94. The number of carbonyl (C=O) groups excluding carboxylic acids is 2. The van der Waals surface area contributed by atoms with E-state index in [0.717, 1.165) is 43.7 Å². The number of halogens is 2. The summed E-state index contributed by atoms with van der Waals surface area (Å²) in [5.74, 6) is 7.78. The number of hydrogen-bond acceptors (Lipinski definition) is 7. The molecule has 6 nitrogen and oxygen atoms in total. The van der Waals surface area contributed by atoms with Gasteiger partial charge in [0.15, 0.2) is 0 Å².